The molecule has 0 radical (unpaired) electrons. The second kappa shape index (κ2) is 31.5. The van der Waals surface area contributed by atoms with Gasteiger partial charge < -0.3 is 7.43 Å². The van der Waals surface area contributed by atoms with Crippen molar-refractivity contribution in [1.82, 2.24) is 0 Å². The first kappa shape index (κ1) is 53.0. The summed E-state index contributed by atoms with van der Waals surface area (Å²) in [5.41, 5.74) is 0. The average molecular weight is 959 g/mol. The number of fused-ring (bicyclic) bond motifs is 2. The zero-order chi connectivity index (χ0) is 43.5. The van der Waals surface area contributed by atoms with Gasteiger partial charge >= 0.3 is 24.8 Å². The number of halogens is 2. The Kier molecular flexibility index (Phi) is 26.1. The monoisotopic (exact) mass is 956 g/mol. The number of hydrogen-bond acceptors (Lipinski definition) is 0. The molecule has 0 unspecified atom stereocenters. The number of alkyl halides is 1. The SMILES string of the molecule is C.CCl.[CH3-].[Cl][Ni].c1ccc([PH+](c2ccccc2)c2ccccc2)cc1.c1ccc([PH+](c2ccccc2)c2ccccc2)cc1.c1ccc2ccccc2c1.c1ccc2ccccc2c1. The standard InChI is InChI=1S/2C18H15P.2C10H8.CH3Cl.CH4.CH3.ClH.Ni/c2*1-4-10-16(11-5-1)19(17-12-6-2-7-13-17)18-14-8-3-9-15-18;2*1-2-6-10-8-4-3-7-9(10)5-1;1-2;;;;/h2*1-15H;2*1-8H;1H3;1H4;1H3;1H;/q;;;;;;-1;;+1/p+1. The molecule has 0 nitrogen and oxygen atoms in total. The van der Waals surface area contributed by atoms with Crippen molar-refractivity contribution < 1.29 is 14.6 Å². The molecule has 10 aromatic carbocycles. The Labute approximate surface area is 403 Å². The van der Waals surface area contributed by atoms with E-state index in [4.69, 9.17) is 0 Å². The quantitative estimate of drug-likeness (QED) is 0.0674. The molecular formula is C59H58Cl2NiP2+. The Morgan fingerprint density at radius 3 is 0.469 bits per heavy atom. The summed E-state index contributed by atoms with van der Waals surface area (Å²) in [7, 11) is 2.51. The van der Waals surface area contributed by atoms with E-state index in [0.717, 1.165) is 0 Å². The molecule has 0 aliphatic rings. The van der Waals surface area contributed by atoms with E-state index < -0.39 is 15.8 Å². The molecule has 0 atom stereocenters. The Bertz CT molecular complexity index is 2160. The molecule has 0 fully saturated rings. The van der Waals surface area contributed by atoms with Gasteiger partial charge in [0.15, 0.2) is 0 Å². The summed E-state index contributed by atoms with van der Waals surface area (Å²) >= 11 is 7.99. The van der Waals surface area contributed by atoms with Crippen molar-refractivity contribution in [3.63, 3.8) is 0 Å². The number of hydrogen-bond donors (Lipinski definition) is 0. The molecule has 0 saturated heterocycles. The van der Waals surface area contributed by atoms with Gasteiger partial charge in [-0.2, -0.15) is 0 Å². The van der Waals surface area contributed by atoms with Crippen LogP contribution in [0.3, 0.4) is 0 Å². The summed E-state index contributed by atoms with van der Waals surface area (Å²) in [6.45, 7) is 0. The van der Waals surface area contributed by atoms with Crippen LogP contribution in [0.15, 0.2) is 279 Å². The fourth-order valence-corrected chi connectivity index (χ4v) is 12.0. The van der Waals surface area contributed by atoms with E-state index in [1.165, 1.54) is 59.8 Å². The van der Waals surface area contributed by atoms with Crippen LogP contribution in [0, 0.1) is 7.43 Å². The summed E-state index contributed by atoms with van der Waals surface area (Å²) < 4.78 is 0. The minimum atomic E-state index is -0.877. The number of rotatable bonds is 6. The zero-order valence-electron chi connectivity index (χ0n) is 35.6. The van der Waals surface area contributed by atoms with Gasteiger partial charge in [0, 0.05) is 6.38 Å². The second-order valence-corrected chi connectivity index (χ2v) is 18.6. The van der Waals surface area contributed by atoms with Crippen molar-refractivity contribution in [1.29, 1.82) is 0 Å². The van der Waals surface area contributed by atoms with Crippen molar-refractivity contribution in [3.8, 4) is 0 Å². The molecule has 10 aromatic rings. The summed E-state index contributed by atoms with van der Waals surface area (Å²) in [4.78, 5) is 0. The molecule has 5 heteroatoms. The summed E-state index contributed by atoms with van der Waals surface area (Å²) in [6, 6.07) is 98.4. The van der Waals surface area contributed by atoms with Crippen molar-refractivity contribution in [2.24, 2.45) is 0 Å². The Morgan fingerprint density at radius 1 is 0.234 bits per heavy atom. The first-order valence-corrected chi connectivity index (χ1v) is 25.4. The molecule has 0 aliphatic heterocycles. The van der Waals surface area contributed by atoms with E-state index in [0.29, 0.717) is 0 Å². The normalized spacial score (nSPS) is 9.61. The minimum Gasteiger partial charge on any atom is -0.0620 e. The van der Waals surface area contributed by atoms with Crippen molar-refractivity contribution in [2.75, 3.05) is 6.38 Å². The van der Waals surface area contributed by atoms with Crippen LogP contribution in [0.4, 0.5) is 0 Å². The van der Waals surface area contributed by atoms with Crippen LogP contribution < -0.4 is 31.8 Å². The predicted molar refractivity (Wildman–Crippen MR) is 292 cm³/mol. The molecule has 0 saturated carbocycles. The maximum Gasteiger partial charge on any atom is 0.102 e. The van der Waals surface area contributed by atoms with Crippen LogP contribution >= 0.6 is 37.6 Å². The van der Waals surface area contributed by atoms with Gasteiger partial charge in [0.2, 0.25) is 0 Å². The van der Waals surface area contributed by atoms with E-state index in [1.807, 2.05) is 0 Å². The second-order valence-electron chi connectivity index (χ2n) is 13.6. The first-order valence-electron chi connectivity index (χ1n) is 20.3. The average Bonchev–Trinajstić information content (AvgIpc) is 3.38. The molecule has 0 N–H and O–H groups in total. The van der Waals surface area contributed by atoms with Crippen molar-refractivity contribution >= 4 is 91.0 Å². The van der Waals surface area contributed by atoms with Crippen molar-refractivity contribution in [3.05, 3.63) is 286 Å². The molecular weight excluding hydrogens is 900 g/mol. The van der Waals surface area contributed by atoms with E-state index >= 15 is 0 Å². The van der Waals surface area contributed by atoms with Crippen LogP contribution in [-0.4, -0.2) is 6.38 Å². The molecule has 0 bridgehead atoms. The van der Waals surface area contributed by atoms with Gasteiger partial charge in [-0.05, 0) is 94.3 Å². The smallest absolute Gasteiger partial charge is 0.0620 e. The third kappa shape index (κ3) is 16.7. The van der Waals surface area contributed by atoms with E-state index in [-0.39, 0.29) is 14.9 Å². The summed E-state index contributed by atoms with van der Waals surface area (Å²) in [5.74, 6) is 0. The predicted octanol–water partition coefficient (Wildman–Crippen LogP) is 14.7. The number of benzene rings is 10. The van der Waals surface area contributed by atoms with Crippen LogP contribution in [0.25, 0.3) is 21.5 Å². The largest absolute Gasteiger partial charge is 0.102 e. The molecule has 10 rings (SSSR count). The van der Waals surface area contributed by atoms with E-state index in [2.05, 4.69) is 315 Å². The van der Waals surface area contributed by atoms with Crippen LogP contribution in [0.2, 0.25) is 0 Å². The van der Waals surface area contributed by atoms with Crippen molar-refractivity contribution in [2.45, 2.75) is 7.43 Å². The third-order valence-electron chi connectivity index (χ3n) is 9.69. The molecule has 0 aliphatic carbocycles. The maximum absolute atomic E-state index is 4.64. The Balaban J connectivity index is 0.000000227. The fourth-order valence-electron chi connectivity index (χ4n) is 6.89. The Morgan fingerprint density at radius 2 is 0.344 bits per heavy atom. The van der Waals surface area contributed by atoms with Gasteiger partial charge in [-0.25, -0.2) is 0 Å². The van der Waals surface area contributed by atoms with E-state index in [1.54, 1.807) is 0 Å². The van der Waals surface area contributed by atoms with Gasteiger partial charge in [0.25, 0.3) is 0 Å². The minimum absolute atomic E-state index is 0. The summed E-state index contributed by atoms with van der Waals surface area (Å²) in [6.07, 6.45) is 1.47. The molecule has 0 aromatic heterocycles. The van der Waals surface area contributed by atoms with Crippen LogP contribution in [0.1, 0.15) is 7.43 Å². The van der Waals surface area contributed by atoms with Gasteiger partial charge in [-0.3, -0.25) is 0 Å². The van der Waals surface area contributed by atoms with Gasteiger partial charge in [0.05, 0.1) is 15.8 Å². The van der Waals surface area contributed by atoms with Crippen LogP contribution in [-0.2, 0) is 14.6 Å². The molecule has 64 heavy (non-hydrogen) atoms. The van der Waals surface area contributed by atoms with E-state index in [9.17, 15) is 0 Å². The van der Waals surface area contributed by atoms with Crippen LogP contribution in [0.5, 0.6) is 0 Å². The van der Waals surface area contributed by atoms with Gasteiger partial charge in [-0.1, -0.05) is 214 Å². The summed E-state index contributed by atoms with van der Waals surface area (Å²) in [5, 5.41) is 13.9. The van der Waals surface area contributed by atoms with Gasteiger partial charge in [-0.15, -0.1) is 11.6 Å². The Hall–Kier alpha value is -5.35. The fraction of sp³-hybridized carbons (Fsp3) is 0.0339. The maximum atomic E-state index is 4.64. The first-order chi connectivity index (χ1) is 30.8. The molecule has 0 spiro atoms. The zero-order valence-corrected chi connectivity index (χ0v) is 40.1. The molecule has 0 heterocycles. The van der Waals surface area contributed by atoms with Gasteiger partial charge in [0.1, 0.15) is 31.8 Å². The third-order valence-corrected chi connectivity index (χ3v) is 15.2. The molecule has 0 amide bonds. The topological polar surface area (TPSA) is 0 Å². The molecule has 327 valence electrons.